The molecule has 13 rings (SSSR count). The third-order valence-corrected chi connectivity index (χ3v) is 16.2. The number of benzene rings is 10. The Kier molecular flexibility index (Phi) is 9.06. The van der Waals surface area contributed by atoms with Crippen LogP contribution in [0.15, 0.2) is 218 Å². The topological polar surface area (TPSA) is 0 Å². The minimum absolute atomic E-state index is 0.276. The standard InChI is InChI=1S/C69H54/c1-67(2)58-37-34-46(52-31-19-16-28-49(52)43-22-10-7-11-23-43)40-55(58)61-64(67)62-56-41-47(53-32-20-17-29-50(53)44-24-12-8-13-25-44)35-38-59(56)68(3,4)66(62)63-57-42-48(36-39-60(57)69(5,6)65(61)63)54-33-21-18-30-51(54)45-26-14-9-15-27-45/h7-42H,1-6H3. The van der Waals surface area contributed by atoms with Crippen LogP contribution in [0.25, 0.3) is 100 Å². The second-order valence-corrected chi connectivity index (χ2v) is 21.1. The Morgan fingerprint density at radius 2 is 0.420 bits per heavy atom. The molecule has 10 aromatic carbocycles. The van der Waals surface area contributed by atoms with E-state index in [1.54, 1.807) is 0 Å². The smallest absolute Gasteiger partial charge is 0.0165 e. The maximum atomic E-state index is 2.55. The molecule has 0 aromatic heterocycles. The van der Waals surface area contributed by atoms with Gasteiger partial charge in [0.25, 0.3) is 0 Å². The van der Waals surface area contributed by atoms with Crippen LogP contribution in [0.3, 0.4) is 0 Å². The van der Waals surface area contributed by atoms with Crippen molar-refractivity contribution in [2.75, 3.05) is 0 Å². The highest BCUT2D eigenvalue weighted by Crippen LogP contribution is 2.68. The van der Waals surface area contributed by atoms with Gasteiger partial charge in [0.05, 0.1) is 0 Å². The van der Waals surface area contributed by atoms with Crippen molar-refractivity contribution >= 4 is 0 Å². The van der Waals surface area contributed by atoms with Gasteiger partial charge in [-0.25, -0.2) is 0 Å². The first-order chi connectivity index (χ1) is 33.5. The highest BCUT2D eigenvalue weighted by Gasteiger charge is 2.52. The molecule has 0 fully saturated rings. The van der Waals surface area contributed by atoms with Crippen molar-refractivity contribution in [1.82, 2.24) is 0 Å². The van der Waals surface area contributed by atoms with Gasteiger partial charge in [-0.1, -0.05) is 242 Å². The Hall–Kier alpha value is -7.80. The average Bonchev–Trinajstić information content (AvgIpc) is 3.88. The first-order valence-corrected chi connectivity index (χ1v) is 24.7. The molecule has 0 heteroatoms. The zero-order valence-electron chi connectivity index (χ0n) is 40.3. The fourth-order valence-electron chi connectivity index (χ4n) is 13.0. The van der Waals surface area contributed by atoms with Crippen molar-refractivity contribution in [2.45, 2.75) is 57.8 Å². The van der Waals surface area contributed by atoms with Crippen molar-refractivity contribution in [3.8, 4) is 100 Å². The van der Waals surface area contributed by atoms with E-state index in [1.165, 1.54) is 134 Å². The summed E-state index contributed by atoms with van der Waals surface area (Å²) in [5, 5.41) is 0. The van der Waals surface area contributed by atoms with E-state index in [4.69, 9.17) is 0 Å². The molecule has 0 saturated carbocycles. The molecular weight excluding hydrogens is 829 g/mol. The maximum Gasteiger partial charge on any atom is 0.0165 e. The summed E-state index contributed by atoms with van der Waals surface area (Å²) < 4.78 is 0. The molecule has 0 bridgehead atoms. The highest BCUT2D eigenvalue weighted by molar-refractivity contribution is 6.06. The fraction of sp³-hybridized carbons (Fsp3) is 0.130. The van der Waals surface area contributed by atoms with E-state index in [0.29, 0.717) is 0 Å². The van der Waals surface area contributed by atoms with Crippen LogP contribution in [0.1, 0.15) is 74.9 Å². The van der Waals surface area contributed by atoms with Gasteiger partial charge in [-0.05, 0) is 152 Å². The van der Waals surface area contributed by atoms with Crippen molar-refractivity contribution < 1.29 is 0 Å². The zero-order chi connectivity index (χ0) is 46.8. The van der Waals surface area contributed by atoms with Gasteiger partial charge in [0.15, 0.2) is 0 Å². The fourth-order valence-corrected chi connectivity index (χ4v) is 13.0. The summed E-state index contributed by atoms with van der Waals surface area (Å²) in [7, 11) is 0. The Morgan fingerprint density at radius 1 is 0.203 bits per heavy atom. The lowest BCUT2D eigenvalue weighted by Crippen LogP contribution is -2.22. The van der Waals surface area contributed by atoms with Crippen LogP contribution >= 0.6 is 0 Å². The second-order valence-electron chi connectivity index (χ2n) is 21.1. The molecule has 0 unspecified atom stereocenters. The van der Waals surface area contributed by atoms with Crippen molar-refractivity contribution in [2.24, 2.45) is 0 Å². The molecule has 0 spiro atoms. The first kappa shape index (κ1) is 41.4. The van der Waals surface area contributed by atoms with Crippen LogP contribution in [0, 0.1) is 0 Å². The Balaban J connectivity index is 1.12. The molecule has 0 nitrogen and oxygen atoms in total. The van der Waals surface area contributed by atoms with Crippen molar-refractivity contribution in [1.29, 1.82) is 0 Å². The Bertz CT molecular complexity index is 3300. The predicted octanol–water partition coefficient (Wildman–Crippen LogP) is 18.6. The SMILES string of the molecule is CC1(C)c2ccc(-c3ccccc3-c3ccccc3)cc2-c2c1c1c(c3c2C(C)(C)c2ccc(-c4ccccc4-c4ccccc4)cc2-3)C(C)(C)c2ccc(-c3ccccc3-c3ccccc3)cc2-1. The molecule has 3 aliphatic rings. The van der Waals surface area contributed by atoms with Crippen LogP contribution in [-0.2, 0) is 16.2 Å². The van der Waals surface area contributed by atoms with Gasteiger partial charge in [0, 0.05) is 16.2 Å². The Morgan fingerprint density at radius 3 is 0.667 bits per heavy atom. The molecule has 330 valence electrons. The van der Waals surface area contributed by atoms with Gasteiger partial charge in [0.2, 0.25) is 0 Å². The van der Waals surface area contributed by atoms with Gasteiger partial charge < -0.3 is 0 Å². The molecule has 0 amide bonds. The summed E-state index contributed by atoms with van der Waals surface area (Å²) in [6.45, 7) is 15.0. The molecule has 10 aromatic rings. The molecule has 0 radical (unpaired) electrons. The van der Waals surface area contributed by atoms with E-state index < -0.39 is 0 Å². The summed E-state index contributed by atoms with van der Waals surface area (Å²) in [5.41, 5.74) is 31.1. The van der Waals surface area contributed by atoms with Gasteiger partial charge in [-0.2, -0.15) is 0 Å². The third-order valence-electron chi connectivity index (χ3n) is 16.2. The number of fused-ring (bicyclic) bond motifs is 12. The van der Waals surface area contributed by atoms with E-state index in [9.17, 15) is 0 Å². The van der Waals surface area contributed by atoms with Crippen LogP contribution in [0.5, 0.6) is 0 Å². The summed E-state index contributed by atoms with van der Waals surface area (Å²) in [5.74, 6) is 0. The average molecular weight is 883 g/mol. The molecule has 0 atom stereocenters. The lowest BCUT2D eigenvalue weighted by atomic mass is 9.71. The quantitative estimate of drug-likeness (QED) is 0.156. The summed E-state index contributed by atoms with van der Waals surface area (Å²) >= 11 is 0. The number of hydrogen-bond acceptors (Lipinski definition) is 0. The summed E-state index contributed by atoms with van der Waals surface area (Å²) in [6.07, 6.45) is 0. The van der Waals surface area contributed by atoms with E-state index >= 15 is 0 Å². The third kappa shape index (κ3) is 6.01. The Labute approximate surface area is 407 Å². The number of hydrogen-bond donors (Lipinski definition) is 0. The minimum Gasteiger partial charge on any atom is -0.0622 e. The number of rotatable bonds is 6. The lowest BCUT2D eigenvalue weighted by molar-refractivity contribution is 0.636. The summed E-state index contributed by atoms with van der Waals surface area (Å²) in [4.78, 5) is 0. The van der Waals surface area contributed by atoms with Crippen molar-refractivity contribution in [3.05, 3.63) is 252 Å². The van der Waals surface area contributed by atoms with Crippen LogP contribution < -0.4 is 0 Å². The van der Waals surface area contributed by atoms with Crippen molar-refractivity contribution in [3.63, 3.8) is 0 Å². The molecule has 3 aliphatic carbocycles. The molecular formula is C69H54. The minimum atomic E-state index is -0.276. The van der Waals surface area contributed by atoms with E-state index in [-0.39, 0.29) is 16.2 Å². The van der Waals surface area contributed by atoms with Crippen LogP contribution in [-0.4, -0.2) is 0 Å². The van der Waals surface area contributed by atoms with E-state index in [0.717, 1.165) is 0 Å². The largest absolute Gasteiger partial charge is 0.0622 e. The maximum absolute atomic E-state index is 2.55. The first-order valence-electron chi connectivity index (χ1n) is 24.7. The van der Waals surface area contributed by atoms with Crippen LogP contribution in [0.4, 0.5) is 0 Å². The van der Waals surface area contributed by atoms with Gasteiger partial charge in [0.1, 0.15) is 0 Å². The molecule has 69 heavy (non-hydrogen) atoms. The molecule has 0 heterocycles. The zero-order valence-corrected chi connectivity index (χ0v) is 40.3. The van der Waals surface area contributed by atoms with E-state index in [1.807, 2.05) is 0 Å². The second kappa shape index (κ2) is 15.1. The summed E-state index contributed by atoms with van der Waals surface area (Å²) in [6, 6.07) is 81.7. The lowest BCUT2D eigenvalue weighted by Gasteiger charge is -2.31. The molecule has 0 aliphatic heterocycles. The van der Waals surface area contributed by atoms with Gasteiger partial charge >= 0.3 is 0 Å². The molecule has 0 saturated heterocycles. The molecule has 0 N–H and O–H groups in total. The normalized spacial score (nSPS) is 14.9. The van der Waals surface area contributed by atoms with Crippen LogP contribution in [0.2, 0.25) is 0 Å². The monoisotopic (exact) mass is 882 g/mol. The van der Waals surface area contributed by atoms with Gasteiger partial charge in [-0.3, -0.25) is 0 Å². The predicted molar refractivity (Wildman–Crippen MR) is 292 cm³/mol. The van der Waals surface area contributed by atoms with Gasteiger partial charge in [-0.15, -0.1) is 0 Å². The van der Waals surface area contributed by atoms with E-state index in [2.05, 4.69) is 260 Å². The highest BCUT2D eigenvalue weighted by atomic mass is 14.5.